The van der Waals surface area contributed by atoms with Gasteiger partial charge >= 0.3 is 5.84 Å². The summed E-state index contributed by atoms with van der Waals surface area (Å²) in [5.41, 5.74) is 11.0. The zero-order chi connectivity index (χ0) is 47.2. The minimum Gasteiger partial charge on any atom is -0.457 e. The average Bonchev–Trinajstić information content (AvgIpc) is 3.86. The maximum Gasteiger partial charge on any atom is 0.307 e. The van der Waals surface area contributed by atoms with Crippen LogP contribution in [0.5, 0.6) is 11.5 Å². The van der Waals surface area contributed by atoms with Crippen LogP contribution in [0, 0.1) is 20.6 Å². The normalized spacial score (nSPS) is 16.3. The summed E-state index contributed by atoms with van der Waals surface area (Å²) in [7, 11) is -2.99. The van der Waals surface area contributed by atoms with Gasteiger partial charge in [-0.1, -0.05) is 116 Å². The molecular formula is C53H39N3O2Si. The van der Waals surface area contributed by atoms with E-state index in [9.17, 15) is 0 Å². The molecule has 10 aromatic rings. The zero-order valence-electron chi connectivity index (χ0n) is 41.0. The van der Waals surface area contributed by atoms with Gasteiger partial charge in [-0.15, -0.1) is 0 Å². The Labute approximate surface area is 355 Å². The van der Waals surface area contributed by atoms with Gasteiger partial charge in [-0.25, -0.2) is 0 Å². The molecule has 0 N–H and O–H groups in total. The fourth-order valence-corrected chi connectivity index (χ4v) is 12.2. The molecule has 0 amide bonds. The van der Waals surface area contributed by atoms with Gasteiger partial charge in [0.25, 0.3) is 0 Å². The first-order valence-electron chi connectivity index (χ1n) is 24.1. The van der Waals surface area contributed by atoms with Crippen LogP contribution in [0.15, 0.2) is 150 Å². The van der Waals surface area contributed by atoms with Crippen LogP contribution >= 0.6 is 0 Å². The van der Waals surface area contributed by atoms with Crippen LogP contribution in [-0.4, -0.2) is 22.4 Å². The molecule has 1 aliphatic carbocycles. The Morgan fingerprint density at radius 3 is 2.08 bits per heavy atom. The smallest absolute Gasteiger partial charge is 0.307 e. The second-order valence-corrected chi connectivity index (χ2v) is 20.2. The highest BCUT2D eigenvalue weighted by Gasteiger charge is 2.39. The third-order valence-corrected chi connectivity index (χ3v) is 15.8. The van der Waals surface area contributed by atoms with E-state index in [2.05, 4.69) is 48.4 Å². The van der Waals surface area contributed by atoms with Crippen LogP contribution in [-0.2, 0) is 0 Å². The lowest BCUT2D eigenvalue weighted by Gasteiger charge is -2.35. The van der Waals surface area contributed by atoms with E-state index >= 15 is 0 Å². The van der Waals surface area contributed by atoms with Crippen molar-refractivity contribution in [2.45, 2.75) is 33.6 Å². The molecule has 0 fully saturated rings. The Balaban J connectivity index is 1.10. The van der Waals surface area contributed by atoms with Crippen molar-refractivity contribution in [3.05, 3.63) is 162 Å². The first-order valence-corrected chi connectivity index (χ1v) is 22.6. The zero-order valence-corrected chi connectivity index (χ0v) is 33.0. The van der Waals surface area contributed by atoms with Crippen molar-refractivity contribution in [1.29, 1.82) is 0 Å². The number of hydrogen-bond donors (Lipinski definition) is 0. The largest absolute Gasteiger partial charge is 0.457 e. The molecule has 0 unspecified atom stereocenters. The number of oxazole rings is 1. The minimum atomic E-state index is -2.99. The Morgan fingerprint density at radius 2 is 1.25 bits per heavy atom. The van der Waals surface area contributed by atoms with E-state index < -0.39 is 28.6 Å². The minimum absolute atomic E-state index is 0.0691. The molecule has 6 heteroatoms. The fourth-order valence-electron chi connectivity index (χ4n) is 9.47. The van der Waals surface area contributed by atoms with E-state index in [-0.39, 0.29) is 45.0 Å². The average molecular weight is 787 g/mol. The summed E-state index contributed by atoms with van der Waals surface area (Å²) in [6, 6.07) is 43.8. The van der Waals surface area contributed by atoms with E-state index in [0.717, 1.165) is 55.3 Å². The molecule has 0 spiro atoms. The molecule has 0 radical (unpaired) electrons. The molecule has 0 saturated carbocycles. The molecule has 4 heterocycles. The maximum absolute atomic E-state index is 8.94. The van der Waals surface area contributed by atoms with E-state index in [1.807, 2.05) is 83.3 Å². The molecule has 2 aliphatic rings. The number of aryl methyl sites for hydroxylation is 3. The van der Waals surface area contributed by atoms with Gasteiger partial charge < -0.3 is 9.15 Å². The number of pyridine rings is 1. The van der Waals surface area contributed by atoms with Crippen LogP contribution in [0.3, 0.4) is 0 Å². The SMILES string of the molecule is [2H]C([2H])([2H])c1cc2c(cc1-c1c(C([2H])([2H])[2H])ccc3c1oc1nc4ccccc4n13)[Si](C)(C)c1ccc(C([2H])([2H])[2H])c(-c3ccc4c(c3)-c3ccccc3-c3ncccc3-c3ccccc3-4)c1O2. The number of benzene rings is 7. The first kappa shape index (κ1) is 26.1. The van der Waals surface area contributed by atoms with Crippen molar-refractivity contribution in [3.63, 3.8) is 0 Å². The highest BCUT2D eigenvalue weighted by molar-refractivity contribution is 7.02. The lowest BCUT2D eigenvalue weighted by atomic mass is 9.81. The second-order valence-electron chi connectivity index (χ2n) is 15.9. The Bertz CT molecular complexity index is 3780. The highest BCUT2D eigenvalue weighted by Crippen LogP contribution is 2.49. The number of rotatable bonds is 2. The maximum atomic E-state index is 8.94. The topological polar surface area (TPSA) is 52.6 Å². The number of imidazole rings is 1. The number of ether oxygens (including phenoxy) is 1. The summed E-state index contributed by atoms with van der Waals surface area (Å²) in [5, 5.41) is 1.51. The van der Waals surface area contributed by atoms with Crippen molar-refractivity contribution in [1.82, 2.24) is 14.4 Å². The Morgan fingerprint density at radius 1 is 0.559 bits per heavy atom. The third kappa shape index (κ3) is 4.78. The molecule has 0 atom stereocenters. The lowest BCUT2D eigenvalue weighted by Crippen LogP contribution is -2.56. The lowest BCUT2D eigenvalue weighted by molar-refractivity contribution is 0.488. The first-order chi connectivity index (χ1) is 32.4. The van der Waals surface area contributed by atoms with Crippen LogP contribution in [0.25, 0.3) is 94.9 Å². The Kier molecular flexibility index (Phi) is 5.41. The van der Waals surface area contributed by atoms with Gasteiger partial charge in [0.05, 0.1) is 22.2 Å². The van der Waals surface area contributed by atoms with Gasteiger partial charge in [-0.2, -0.15) is 4.98 Å². The number of nitrogens with zero attached hydrogens (tertiary/aromatic N) is 3. The van der Waals surface area contributed by atoms with Crippen LogP contribution < -0.4 is 15.1 Å². The van der Waals surface area contributed by atoms with Crippen molar-refractivity contribution < 1.29 is 21.5 Å². The molecule has 1 aliphatic heterocycles. The number of aromatic nitrogens is 3. The third-order valence-electron chi connectivity index (χ3n) is 12.3. The van der Waals surface area contributed by atoms with E-state index in [0.29, 0.717) is 33.1 Å². The molecule has 3 aromatic heterocycles. The van der Waals surface area contributed by atoms with E-state index in [4.69, 9.17) is 26.5 Å². The van der Waals surface area contributed by atoms with Gasteiger partial charge in [0.15, 0.2) is 5.58 Å². The van der Waals surface area contributed by atoms with Crippen molar-refractivity contribution in [2.24, 2.45) is 0 Å². The van der Waals surface area contributed by atoms with Gasteiger partial charge in [-0.3, -0.25) is 9.38 Å². The summed E-state index contributed by atoms with van der Waals surface area (Å²) in [4.78, 5) is 9.57. The van der Waals surface area contributed by atoms with E-state index in [1.54, 1.807) is 24.4 Å². The summed E-state index contributed by atoms with van der Waals surface area (Å²) in [5.74, 6) is 0.859. The molecule has 0 bridgehead atoms. The standard InChI is InChI=1S/C53H39N3O2Si/c1-30-21-25-46-52(48(30)33-22-23-37-34-13-6-7-14-35(34)39-17-12-26-54-50(39)38-16-9-8-15-36(38)41(37)28-33)57-45-27-32(3)40(29-47(45)59(46,4)5)49-31(2)20-24-44-51(49)58-53-55-42-18-10-11-19-43(42)56(44)53/h6-29H,1-5H3/i1D3,2D3,3D3. The molecule has 0 saturated heterocycles. The molecular weight excluding hydrogens is 739 g/mol. The number of hydrogen-bond acceptors (Lipinski definition) is 4. The number of para-hydroxylation sites is 2. The van der Waals surface area contributed by atoms with Gasteiger partial charge in [-0.05, 0) is 123 Å². The molecule has 7 aromatic carbocycles. The van der Waals surface area contributed by atoms with Crippen molar-refractivity contribution >= 4 is 46.4 Å². The predicted molar refractivity (Wildman–Crippen MR) is 244 cm³/mol. The monoisotopic (exact) mass is 786 g/mol. The molecule has 12 rings (SSSR count). The predicted octanol–water partition coefficient (Wildman–Crippen LogP) is 12.8. The summed E-state index contributed by atoms with van der Waals surface area (Å²) in [6.07, 6.45) is 1.79. The van der Waals surface area contributed by atoms with Crippen LogP contribution in [0.1, 0.15) is 29.0 Å². The van der Waals surface area contributed by atoms with Gasteiger partial charge in [0, 0.05) is 40.8 Å². The van der Waals surface area contributed by atoms with Crippen molar-refractivity contribution in [2.75, 3.05) is 0 Å². The van der Waals surface area contributed by atoms with Crippen LogP contribution in [0.4, 0.5) is 0 Å². The van der Waals surface area contributed by atoms with Gasteiger partial charge in [0.2, 0.25) is 0 Å². The van der Waals surface area contributed by atoms with E-state index in [1.165, 1.54) is 12.1 Å². The molecule has 59 heavy (non-hydrogen) atoms. The fraction of sp³-hybridized carbons (Fsp3) is 0.0943. The summed E-state index contributed by atoms with van der Waals surface area (Å²) < 4.78 is 94.7. The van der Waals surface area contributed by atoms with Crippen LogP contribution in [0.2, 0.25) is 13.1 Å². The summed E-state index contributed by atoms with van der Waals surface area (Å²) in [6.45, 7) is -3.76. The number of fused-ring (bicyclic) bond motifs is 15. The second kappa shape index (κ2) is 12.2. The van der Waals surface area contributed by atoms with Gasteiger partial charge in [0.1, 0.15) is 19.6 Å². The highest BCUT2D eigenvalue weighted by atomic mass is 28.3. The quantitative estimate of drug-likeness (QED) is 0.164. The molecule has 5 nitrogen and oxygen atoms in total. The molecule has 282 valence electrons. The summed E-state index contributed by atoms with van der Waals surface area (Å²) >= 11 is 0. The van der Waals surface area contributed by atoms with Crippen molar-refractivity contribution in [3.8, 4) is 78.4 Å². The Hall–Kier alpha value is -7.02.